The van der Waals surface area contributed by atoms with Crippen molar-refractivity contribution in [1.29, 1.82) is 0 Å². The van der Waals surface area contributed by atoms with E-state index in [0.29, 0.717) is 22.0 Å². The summed E-state index contributed by atoms with van der Waals surface area (Å²) >= 11 is 6.00. The largest absolute Gasteiger partial charge is 0.495 e. The summed E-state index contributed by atoms with van der Waals surface area (Å²) in [6.45, 7) is 0. The summed E-state index contributed by atoms with van der Waals surface area (Å²) in [5.74, 6) is -0.566. The summed E-state index contributed by atoms with van der Waals surface area (Å²) in [5.41, 5.74) is 0.946. The number of rotatable bonds is 3. The van der Waals surface area contributed by atoms with Crippen molar-refractivity contribution in [1.82, 2.24) is 9.97 Å². The summed E-state index contributed by atoms with van der Waals surface area (Å²) in [4.78, 5) is 18.7. The van der Waals surface area contributed by atoms with Crippen molar-refractivity contribution in [2.24, 2.45) is 0 Å². The summed E-state index contributed by atoms with van der Waals surface area (Å²) in [7, 11) is 1.51. The second-order valence-electron chi connectivity index (χ2n) is 3.44. The fourth-order valence-corrected chi connectivity index (χ4v) is 1.79. The van der Waals surface area contributed by atoms with Crippen LogP contribution in [0.1, 0.15) is 10.4 Å². The molecule has 2 aromatic rings. The van der Waals surface area contributed by atoms with Crippen LogP contribution in [0.3, 0.4) is 0 Å². The highest BCUT2D eigenvalue weighted by Crippen LogP contribution is 2.30. The van der Waals surface area contributed by atoms with Crippen molar-refractivity contribution in [3.8, 4) is 17.0 Å². The average molecular weight is 265 g/mol. The molecular weight excluding hydrogens is 256 g/mol. The standard InChI is InChI=1S/C12H9ClN2O3/c1-18-10-3-2-7(4-9(10)13)11-8(12(16)17)5-14-6-15-11/h2-6H,1H3,(H,16,17). The Morgan fingerprint density at radius 2 is 2.22 bits per heavy atom. The van der Waals surface area contributed by atoms with Crippen molar-refractivity contribution in [2.75, 3.05) is 7.11 Å². The molecule has 18 heavy (non-hydrogen) atoms. The number of aromatic nitrogens is 2. The van der Waals surface area contributed by atoms with Crippen LogP contribution >= 0.6 is 11.6 Å². The highest BCUT2D eigenvalue weighted by atomic mass is 35.5. The van der Waals surface area contributed by atoms with Crippen molar-refractivity contribution in [3.63, 3.8) is 0 Å². The molecule has 0 unspecified atom stereocenters. The second-order valence-corrected chi connectivity index (χ2v) is 3.85. The molecule has 1 aromatic heterocycles. The van der Waals surface area contributed by atoms with Gasteiger partial charge in [-0.1, -0.05) is 11.6 Å². The average Bonchev–Trinajstić information content (AvgIpc) is 2.38. The molecule has 0 amide bonds. The number of aromatic carboxylic acids is 1. The van der Waals surface area contributed by atoms with Gasteiger partial charge in [-0.15, -0.1) is 0 Å². The van der Waals surface area contributed by atoms with Crippen molar-refractivity contribution >= 4 is 17.6 Å². The van der Waals surface area contributed by atoms with E-state index in [4.69, 9.17) is 21.4 Å². The molecule has 2 rings (SSSR count). The first-order valence-electron chi connectivity index (χ1n) is 5.00. The summed E-state index contributed by atoms with van der Waals surface area (Å²) in [6.07, 6.45) is 2.54. The third-order valence-electron chi connectivity index (χ3n) is 2.37. The van der Waals surface area contributed by atoms with Crippen LogP contribution in [-0.4, -0.2) is 28.2 Å². The van der Waals surface area contributed by atoms with E-state index in [1.807, 2.05) is 0 Å². The molecule has 0 saturated heterocycles. The summed E-state index contributed by atoms with van der Waals surface area (Å²) < 4.78 is 5.03. The van der Waals surface area contributed by atoms with Gasteiger partial charge in [-0.25, -0.2) is 14.8 Å². The van der Waals surface area contributed by atoms with Gasteiger partial charge in [-0.2, -0.15) is 0 Å². The Bertz CT molecular complexity index is 602. The summed E-state index contributed by atoms with van der Waals surface area (Å²) in [6, 6.07) is 4.96. The van der Waals surface area contributed by atoms with Gasteiger partial charge in [0.05, 0.1) is 17.8 Å². The molecule has 0 fully saturated rings. The van der Waals surface area contributed by atoms with E-state index < -0.39 is 5.97 Å². The lowest BCUT2D eigenvalue weighted by Crippen LogP contribution is -2.02. The van der Waals surface area contributed by atoms with E-state index in [2.05, 4.69) is 9.97 Å². The van der Waals surface area contributed by atoms with Gasteiger partial charge < -0.3 is 9.84 Å². The topological polar surface area (TPSA) is 72.3 Å². The molecule has 0 saturated carbocycles. The van der Waals surface area contributed by atoms with E-state index in [1.165, 1.54) is 19.6 Å². The number of carboxylic acids is 1. The van der Waals surface area contributed by atoms with Crippen molar-refractivity contribution in [3.05, 3.63) is 41.3 Å². The lowest BCUT2D eigenvalue weighted by Gasteiger charge is -2.07. The Balaban J connectivity index is 2.55. The van der Waals surface area contributed by atoms with E-state index in [1.54, 1.807) is 18.2 Å². The van der Waals surface area contributed by atoms with Crippen LogP contribution in [0.5, 0.6) is 5.75 Å². The number of nitrogens with zero attached hydrogens (tertiary/aromatic N) is 2. The number of benzene rings is 1. The smallest absolute Gasteiger partial charge is 0.339 e. The number of carbonyl (C=O) groups is 1. The van der Waals surface area contributed by atoms with Gasteiger partial charge in [-0.3, -0.25) is 0 Å². The first-order valence-corrected chi connectivity index (χ1v) is 5.38. The Hall–Kier alpha value is -2.14. The van der Waals surface area contributed by atoms with Gasteiger partial charge in [0, 0.05) is 11.8 Å². The third-order valence-corrected chi connectivity index (χ3v) is 2.66. The minimum atomic E-state index is -1.09. The molecule has 0 aliphatic rings. The molecule has 0 bridgehead atoms. The Morgan fingerprint density at radius 3 is 2.83 bits per heavy atom. The van der Waals surface area contributed by atoms with Gasteiger partial charge >= 0.3 is 5.97 Å². The third kappa shape index (κ3) is 2.26. The molecule has 6 heteroatoms. The van der Waals surface area contributed by atoms with Gasteiger partial charge in [0.2, 0.25) is 0 Å². The van der Waals surface area contributed by atoms with Gasteiger partial charge in [0.15, 0.2) is 0 Å². The predicted octanol–water partition coefficient (Wildman–Crippen LogP) is 2.50. The fraction of sp³-hybridized carbons (Fsp3) is 0.0833. The maximum atomic E-state index is 11.1. The van der Waals surface area contributed by atoms with Crippen molar-refractivity contribution in [2.45, 2.75) is 0 Å². The zero-order chi connectivity index (χ0) is 13.1. The van der Waals surface area contributed by atoms with Crippen LogP contribution in [0.4, 0.5) is 0 Å². The first-order chi connectivity index (χ1) is 8.63. The van der Waals surface area contributed by atoms with Crippen molar-refractivity contribution < 1.29 is 14.6 Å². The Morgan fingerprint density at radius 1 is 1.44 bits per heavy atom. The molecule has 0 spiro atoms. The summed E-state index contributed by atoms with van der Waals surface area (Å²) in [5, 5.41) is 9.45. The zero-order valence-electron chi connectivity index (χ0n) is 9.42. The minimum Gasteiger partial charge on any atom is -0.495 e. The molecule has 1 N–H and O–H groups in total. The Kier molecular flexibility index (Phi) is 3.43. The normalized spacial score (nSPS) is 10.1. The van der Waals surface area contributed by atoms with Gasteiger partial charge in [-0.05, 0) is 18.2 Å². The zero-order valence-corrected chi connectivity index (χ0v) is 10.2. The number of carboxylic acid groups (broad SMARTS) is 1. The number of methoxy groups -OCH3 is 1. The number of hydrogen-bond donors (Lipinski definition) is 1. The van der Waals surface area contributed by atoms with Crippen LogP contribution in [0.2, 0.25) is 5.02 Å². The molecule has 5 nitrogen and oxygen atoms in total. The van der Waals surface area contributed by atoms with Crippen LogP contribution < -0.4 is 4.74 Å². The monoisotopic (exact) mass is 264 g/mol. The van der Waals surface area contributed by atoms with Gasteiger partial charge in [0.25, 0.3) is 0 Å². The lowest BCUT2D eigenvalue weighted by atomic mass is 10.1. The maximum absolute atomic E-state index is 11.1. The number of hydrogen-bond acceptors (Lipinski definition) is 4. The quantitative estimate of drug-likeness (QED) is 0.922. The van der Waals surface area contributed by atoms with Gasteiger partial charge in [0.1, 0.15) is 17.6 Å². The number of ether oxygens (including phenoxy) is 1. The number of halogens is 1. The van der Waals surface area contributed by atoms with E-state index in [0.717, 1.165) is 0 Å². The minimum absolute atomic E-state index is 0.0266. The first kappa shape index (κ1) is 12.3. The lowest BCUT2D eigenvalue weighted by molar-refractivity contribution is 0.0697. The highest BCUT2D eigenvalue weighted by molar-refractivity contribution is 6.32. The molecular formula is C12H9ClN2O3. The van der Waals surface area contributed by atoms with Crippen LogP contribution in [0.25, 0.3) is 11.3 Å². The molecule has 0 radical (unpaired) electrons. The predicted molar refractivity (Wildman–Crippen MR) is 66.0 cm³/mol. The molecule has 1 aromatic carbocycles. The molecule has 0 aliphatic heterocycles. The molecule has 92 valence electrons. The highest BCUT2D eigenvalue weighted by Gasteiger charge is 2.14. The van der Waals surface area contributed by atoms with Crippen LogP contribution in [-0.2, 0) is 0 Å². The van der Waals surface area contributed by atoms with E-state index in [9.17, 15) is 4.79 Å². The maximum Gasteiger partial charge on any atom is 0.339 e. The van der Waals surface area contributed by atoms with Crippen LogP contribution in [0.15, 0.2) is 30.7 Å². The van der Waals surface area contributed by atoms with E-state index in [-0.39, 0.29) is 5.56 Å². The molecule has 0 atom stereocenters. The van der Waals surface area contributed by atoms with E-state index >= 15 is 0 Å². The second kappa shape index (κ2) is 5.01. The SMILES string of the molecule is COc1ccc(-c2ncncc2C(=O)O)cc1Cl. The Labute approximate surface area is 108 Å². The van der Waals surface area contributed by atoms with Crippen LogP contribution in [0, 0.1) is 0 Å². The molecule has 0 aliphatic carbocycles. The fourth-order valence-electron chi connectivity index (χ4n) is 1.53. The molecule has 1 heterocycles.